The first-order valence-corrected chi connectivity index (χ1v) is 12.4. The molecule has 1 aliphatic heterocycles. The van der Waals surface area contributed by atoms with Gasteiger partial charge in [-0.1, -0.05) is 18.6 Å². The summed E-state index contributed by atoms with van der Waals surface area (Å²) in [6.07, 6.45) is 1.89. The van der Waals surface area contributed by atoms with E-state index >= 15 is 0 Å². The molecule has 2 aromatic rings. The smallest absolute Gasteiger partial charge is 0.294 e. The second kappa shape index (κ2) is 8.70. The number of amides is 1. The van der Waals surface area contributed by atoms with Gasteiger partial charge in [0, 0.05) is 34.9 Å². The van der Waals surface area contributed by atoms with Crippen LogP contribution < -0.4 is 4.90 Å². The zero-order valence-corrected chi connectivity index (χ0v) is 19.3. The van der Waals surface area contributed by atoms with Crippen molar-refractivity contribution in [3.63, 3.8) is 0 Å². The Kier molecular flexibility index (Phi) is 5.85. The molecule has 4 nitrogen and oxygen atoms in total. The number of fused-ring (bicyclic) bond motifs is 1. The molecule has 3 aliphatic rings. The van der Waals surface area contributed by atoms with Crippen LogP contribution in [0.1, 0.15) is 78.0 Å². The summed E-state index contributed by atoms with van der Waals surface area (Å²) in [4.78, 5) is 29.3. The highest BCUT2D eigenvalue weighted by Gasteiger charge is 2.42. The summed E-state index contributed by atoms with van der Waals surface area (Å²) in [6.45, 7) is 0. The van der Waals surface area contributed by atoms with Crippen LogP contribution in [-0.2, 0) is 28.6 Å². The summed E-state index contributed by atoms with van der Waals surface area (Å²) in [7, 11) is 0. The van der Waals surface area contributed by atoms with Crippen LogP contribution in [0.2, 0.25) is 0 Å². The number of benzene rings is 1. The van der Waals surface area contributed by atoms with Gasteiger partial charge in [0.1, 0.15) is 11.1 Å². The number of hydrogen-bond acceptors (Lipinski definition) is 4. The summed E-state index contributed by atoms with van der Waals surface area (Å²) in [5.74, 6) is -0.858. The SMILES string of the molecule is N#Cc1c(N2C(=O)C[C@@H](c3ccc(C(F)(F)F)cc3)C3=C2CCCC3=O)sc2c1CCCCC2. The fourth-order valence-corrected chi connectivity index (χ4v) is 6.80. The number of carbonyl (C=O) groups is 2. The van der Waals surface area contributed by atoms with Gasteiger partial charge in [-0.3, -0.25) is 14.5 Å². The number of allylic oxidation sites excluding steroid dienone is 2. The first-order chi connectivity index (χ1) is 16.3. The van der Waals surface area contributed by atoms with E-state index in [4.69, 9.17) is 0 Å². The molecule has 0 saturated carbocycles. The van der Waals surface area contributed by atoms with E-state index in [1.165, 1.54) is 23.5 Å². The highest BCUT2D eigenvalue weighted by Crippen LogP contribution is 2.48. The average molecular weight is 485 g/mol. The van der Waals surface area contributed by atoms with E-state index in [0.717, 1.165) is 54.7 Å². The van der Waals surface area contributed by atoms with Gasteiger partial charge in [-0.2, -0.15) is 18.4 Å². The topological polar surface area (TPSA) is 61.2 Å². The highest BCUT2D eigenvalue weighted by molar-refractivity contribution is 7.16. The Labute approximate surface area is 199 Å². The molecule has 2 aliphatic carbocycles. The van der Waals surface area contributed by atoms with Gasteiger partial charge in [0.2, 0.25) is 5.91 Å². The lowest BCUT2D eigenvalue weighted by molar-refractivity contribution is -0.137. The van der Waals surface area contributed by atoms with Crippen molar-refractivity contribution in [3.05, 3.63) is 62.7 Å². The van der Waals surface area contributed by atoms with Crippen molar-refractivity contribution in [1.82, 2.24) is 0 Å². The molecule has 8 heteroatoms. The van der Waals surface area contributed by atoms with Crippen LogP contribution in [0, 0.1) is 11.3 Å². The monoisotopic (exact) mass is 484 g/mol. The predicted molar refractivity (Wildman–Crippen MR) is 122 cm³/mol. The Morgan fingerprint density at radius 1 is 0.971 bits per heavy atom. The minimum Gasteiger partial charge on any atom is -0.294 e. The molecule has 0 fully saturated rings. The molecule has 1 aromatic carbocycles. The third kappa shape index (κ3) is 3.86. The van der Waals surface area contributed by atoms with Gasteiger partial charge in [0.05, 0.1) is 11.1 Å². The van der Waals surface area contributed by atoms with Gasteiger partial charge in [-0.15, -0.1) is 11.3 Å². The number of hydrogen-bond donors (Lipinski definition) is 0. The number of anilines is 1. The summed E-state index contributed by atoms with van der Waals surface area (Å²) in [6, 6.07) is 7.07. The Hall–Kier alpha value is -2.92. The maximum absolute atomic E-state index is 13.5. The number of ketones is 1. The largest absolute Gasteiger partial charge is 0.416 e. The van der Waals surface area contributed by atoms with E-state index in [2.05, 4.69) is 6.07 Å². The average Bonchev–Trinajstić information content (AvgIpc) is 2.98. The molecule has 0 N–H and O–H groups in total. The first kappa shape index (κ1) is 22.9. The number of alkyl halides is 3. The number of aryl methyl sites for hydroxylation is 1. The van der Waals surface area contributed by atoms with Crippen LogP contribution in [0.4, 0.5) is 18.2 Å². The molecule has 1 atom stereocenters. The predicted octanol–water partition coefficient (Wildman–Crippen LogP) is 6.44. The number of rotatable bonds is 2. The quantitative estimate of drug-likeness (QED) is 0.461. The van der Waals surface area contributed by atoms with Crippen LogP contribution in [-0.4, -0.2) is 11.7 Å². The zero-order chi connectivity index (χ0) is 24.0. The van der Waals surface area contributed by atoms with Crippen LogP contribution in [0.5, 0.6) is 0 Å². The van der Waals surface area contributed by atoms with E-state index in [0.29, 0.717) is 46.7 Å². The van der Waals surface area contributed by atoms with E-state index in [-0.39, 0.29) is 18.1 Å². The fourth-order valence-electron chi connectivity index (χ4n) is 5.42. The lowest BCUT2D eigenvalue weighted by Gasteiger charge is -2.38. The van der Waals surface area contributed by atoms with Gasteiger partial charge in [-0.05, 0) is 61.8 Å². The Morgan fingerprint density at radius 2 is 1.71 bits per heavy atom. The Bertz CT molecular complexity index is 1230. The summed E-state index contributed by atoms with van der Waals surface area (Å²) in [5.41, 5.74) is 2.47. The van der Waals surface area contributed by atoms with Gasteiger partial charge in [0.15, 0.2) is 5.78 Å². The highest BCUT2D eigenvalue weighted by atomic mass is 32.1. The summed E-state index contributed by atoms with van der Waals surface area (Å²) in [5, 5.41) is 10.6. The zero-order valence-electron chi connectivity index (χ0n) is 18.5. The summed E-state index contributed by atoms with van der Waals surface area (Å²) >= 11 is 1.48. The number of Topliss-reactive ketones (excluding diaryl/α,β-unsaturated/α-hetero) is 1. The minimum absolute atomic E-state index is 0.0105. The van der Waals surface area contributed by atoms with Crippen molar-refractivity contribution in [1.29, 1.82) is 5.26 Å². The summed E-state index contributed by atoms with van der Waals surface area (Å²) < 4.78 is 39.1. The molecule has 1 amide bonds. The number of nitriles is 1. The van der Waals surface area contributed by atoms with Crippen molar-refractivity contribution in [2.75, 3.05) is 4.90 Å². The van der Waals surface area contributed by atoms with Gasteiger partial charge >= 0.3 is 6.18 Å². The lowest BCUT2D eigenvalue weighted by atomic mass is 9.77. The molecule has 176 valence electrons. The van der Waals surface area contributed by atoms with E-state index in [1.54, 1.807) is 4.90 Å². The first-order valence-electron chi connectivity index (χ1n) is 11.6. The molecular formula is C26H23F3N2O2S. The lowest BCUT2D eigenvalue weighted by Crippen LogP contribution is -2.40. The van der Waals surface area contributed by atoms with Crippen LogP contribution >= 0.6 is 11.3 Å². The second-order valence-electron chi connectivity index (χ2n) is 9.10. The molecule has 34 heavy (non-hydrogen) atoms. The van der Waals surface area contributed by atoms with Crippen molar-refractivity contribution < 1.29 is 22.8 Å². The van der Waals surface area contributed by atoms with Crippen molar-refractivity contribution in [2.45, 2.75) is 69.9 Å². The van der Waals surface area contributed by atoms with Crippen LogP contribution in [0.25, 0.3) is 0 Å². The van der Waals surface area contributed by atoms with Crippen molar-refractivity contribution in [3.8, 4) is 6.07 Å². The molecule has 0 bridgehead atoms. The Balaban J connectivity index is 1.61. The van der Waals surface area contributed by atoms with Gasteiger partial charge in [-0.25, -0.2) is 0 Å². The number of halogens is 3. The molecule has 1 aromatic heterocycles. The second-order valence-corrected chi connectivity index (χ2v) is 10.2. The molecule has 0 saturated heterocycles. The van der Waals surface area contributed by atoms with Crippen molar-refractivity contribution >= 4 is 28.0 Å². The Morgan fingerprint density at radius 3 is 2.41 bits per heavy atom. The minimum atomic E-state index is -4.45. The third-order valence-corrected chi connectivity index (χ3v) is 8.31. The molecular weight excluding hydrogens is 461 g/mol. The van der Waals surface area contributed by atoms with Crippen LogP contribution in [0.3, 0.4) is 0 Å². The molecule has 0 spiro atoms. The maximum atomic E-state index is 13.5. The van der Waals surface area contributed by atoms with Gasteiger partial charge in [0.25, 0.3) is 0 Å². The maximum Gasteiger partial charge on any atom is 0.416 e. The van der Waals surface area contributed by atoms with E-state index < -0.39 is 17.7 Å². The van der Waals surface area contributed by atoms with E-state index in [1.807, 2.05) is 0 Å². The standard InChI is InChI=1S/C26H23F3N2O2S/c27-26(28,29)16-11-9-15(10-12-16)18-13-23(33)31(20-6-4-7-21(32)24(18)20)25-19(14-30)17-5-2-1-3-8-22(17)34-25/h9-12,18H,1-8,13H2/t18-/m0/s1. The number of thiophene rings is 1. The molecule has 0 radical (unpaired) electrons. The van der Waals surface area contributed by atoms with E-state index in [9.17, 15) is 28.0 Å². The third-order valence-electron chi connectivity index (χ3n) is 7.03. The number of nitrogens with zero attached hydrogens (tertiary/aromatic N) is 2. The van der Waals surface area contributed by atoms with Crippen LogP contribution in [0.15, 0.2) is 35.5 Å². The van der Waals surface area contributed by atoms with Gasteiger partial charge < -0.3 is 0 Å². The fraction of sp³-hybridized carbons (Fsp3) is 0.423. The normalized spacial score (nSPS) is 21.1. The molecule has 2 heterocycles. The van der Waals surface area contributed by atoms with Crippen molar-refractivity contribution in [2.24, 2.45) is 0 Å². The number of carbonyl (C=O) groups excluding carboxylic acids is 2. The molecule has 5 rings (SSSR count). The molecule has 0 unspecified atom stereocenters.